The van der Waals surface area contributed by atoms with Gasteiger partial charge in [-0.15, -0.1) is 0 Å². The largest absolute Gasteiger partial charge is 0.497 e. The summed E-state index contributed by atoms with van der Waals surface area (Å²) in [6.45, 7) is 9.50. The van der Waals surface area contributed by atoms with Gasteiger partial charge in [0, 0.05) is 5.92 Å². The van der Waals surface area contributed by atoms with E-state index in [1.807, 2.05) is 24.3 Å². The summed E-state index contributed by atoms with van der Waals surface area (Å²) in [5, 5.41) is 9.04. The molecule has 0 radical (unpaired) electrons. The Balaban J connectivity index is 2.06. The van der Waals surface area contributed by atoms with E-state index in [4.69, 9.17) is 10.00 Å². The third-order valence-corrected chi connectivity index (χ3v) is 5.61. The van der Waals surface area contributed by atoms with Crippen LogP contribution in [-0.2, 0) is 0 Å². The molecule has 1 saturated carbocycles. The first-order chi connectivity index (χ1) is 12.7. The quantitative estimate of drug-likeness (QED) is 0.620. The summed E-state index contributed by atoms with van der Waals surface area (Å²) in [6, 6.07) is 18.6. The van der Waals surface area contributed by atoms with Crippen LogP contribution < -0.4 is 4.74 Å². The molecule has 0 aromatic heterocycles. The highest BCUT2D eigenvalue weighted by molar-refractivity contribution is 5.58. The van der Waals surface area contributed by atoms with E-state index in [9.17, 15) is 0 Å². The first kappa shape index (κ1) is 19.2. The fourth-order valence-corrected chi connectivity index (χ4v) is 5.02. The van der Waals surface area contributed by atoms with Gasteiger partial charge in [0.1, 0.15) is 5.75 Å². The molecule has 140 valence electrons. The smallest absolute Gasteiger partial charge is 0.118 e. The number of hydrogen-bond donors (Lipinski definition) is 0. The van der Waals surface area contributed by atoms with Gasteiger partial charge < -0.3 is 4.74 Å². The molecule has 1 aliphatic rings. The molecule has 1 atom stereocenters. The van der Waals surface area contributed by atoms with E-state index >= 15 is 0 Å². The Morgan fingerprint density at radius 3 is 2.19 bits per heavy atom. The van der Waals surface area contributed by atoms with E-state index in [1.165, 1.54) is 17.6 Å². The van der Waals surface area contributed by atoms with Gasteiger partial charge in [0.15, 0.2) is 0 Å². The number of allylic oxidation sites excluding steroid dienone is 1. The van der Waals surface area contributed by atoms with Crippen molar-refractivity contribution in [2.75, 3.05) is 7.11 Å². The van der Waals surface area contributed by atoms with E-state index in [-0.39, 0.29) is 10.8 Å². The van der Waals surface area contributed by atoms with E-state index in [1.54, 1.807) is 7.11 Å². The summed E-state index contributed by atoms with van der Waals surface area (Å²) < 4.78 is 5.34. The number of benzene rings is 2. The number of ether oxygens (including phenoxy) is 1. The van der Waals surface area contributed by atoms with Crippen molar-refractivity contribution in [3.05, 3.63) is 70.8 Å². The second kappa shape index (κ2) is 7.24. The number of hydrogen-bond acceptors (Lipinski definition) is 2. The second-order valence-corrected chi connectivity index (χ2v) is 9.17. The zero-order chi connectivity index (χ0) is 19.7. The number of nitrogens with zero attached hydrogens (tertiary/aromatic N) is 1. The molecule has 2 aromatic carbocycles. The Kier molecular flexibility index (Phi) is 5.16. The van der Waals surface area contributed by atoms with E-state index in [0.717, 1.165) is 17.7 Å². The maximum atomic E-state index is 9.04. The topological polar surface area (TPSA) is 33.0 Å². The highest BCUT2D eigenvalue weighted by atomic mass is 16.5. The number of nitriles is 1. The van der Waals surface area contributed by atoms with Crippen LogP contribution >= 0.6 is 0 Å². The van der Waals surface area contributed by atoms with Crippen LogP contribution in [0.4, 0.5) is 0 Å². The Morgan fingerprint density at radius 1 is 1.00 bits per heavy atom. The van der Waals surface area contributed by atoms with Crippen molar-refractivity contribution in [3.8, 4) is 11.8 Å². The molecule has 3 rings (SSSR count). The van der Waals surface area contributed by atoms with Gasteiger partial charge >= 0.3 is 0 Å². The van der Waals surface area contributed by atoms with Crippen LogP contribution in [0.3, 0.4) is 0 Å². The molecule has 2 heteroatoms. The standard InChI is InChI=1S/C25H29NO/c1-24(2)15-21(14-18-6-8-19(16-26)9-7-18)23(25(3,4)17-24)20-10-12-22(27-5)13-11-20/h6-14,23H,15,17H2,1-5H3. The first-order valence-corrected chi connectivity index (χ1v) is 9.59. The normalized spacial score (nSPS) is 22.2. The molecule has 1 unspecified atom stereocenters. The van der Waals surface area contributed by atoms with E-state index < -0.39 is 0 Å². The van der Waals surface area contributed by atoms with Crippen molar-refractivity contribution in [1.29, 1.82) is 5.26 Å². The summed E-state index contributed by atoms with van der Waals surface area (Å²) in [5.41, 5.74) is 5.10. The summed E-state index contributed by atoms with van der Waals surface area (Å²) >= 11 is 0. The van der Waals surface area contributed by atoms with Gasteiger partial charge in [-0.2, -0.15) is 5.26 Å². The monoisotopic (exact) mass is 359 g/mol. The van der Waals surface area contributed by atoms with E-state index in [2.05, 4.69) is 64.1 Å². The lowest BCUT2D eigenvalue weighted by Gasteiger charge is -2.48. The maximum Gasteiger partial charge on any atom is 0.118 e. The molecule has 0 amide bonds. The summed E-state index contributed by atoms with van der Waals surface area (Å²) in [5.74, 6) is 1.26. The molecular weight excluding hydrogens is 330 g/mol. The van der Waals surface area contributed by atoms with Crippen LogP contribution in [0.2, 0.25) is 0 Å². The lowest BCUT2D eigenvalue weighted by Crippen LogP contribution is -2.36. The van der Waals surface area contributed by atoms with Crippen molar-refractivity contribution in [2.24, 2.45) is 10.8 Å². The van der Waals surface area contributed by atoms with Crippen molar-refractivity contribution in [1.82, 2.24) is 0 Å². The van der Waals surface area contributed by atoms with Crippen LogP contribution in [0.5, 0.6) is 5.75 Å². The predicted octanol–water partition coefficient (Wildman–Crippen LogP) is 6.58. The SMILES string of the molecule is COc1ccc(C2C(=Cc3ccc(C#N)cc3)CC(C)(C)CC2(C)C)cc1. The Morgan fingerprint density at radius 2 is 1.63 bits per heavy atom. The van der Waals surface area contributed by atoms with Gasteiger partial charge in [-0.3, -0.25) is 0 Å². The molecule has 1 aliphatic carbocycles. The van der Waals surface area contributed by atoms with Crippen molar-refractivity contribution >= 4 is 6.08 Å². The summed E-state index contributed by atoms with van der Waals surface area (Å²) in [7, 11) is 1.71. The third kappa shape index (κ3) is 4.25. The Hall–Kier alpha value is -2.53. The van der Waals surface area contributed by atoms with Crippen molar-refractivity contribution < 1.29 is 4.74 Å². The van der Waals surface area contributed by atoms with Crippen LogP contribution in [0, 0.1) is 22.2 Å². The van der Waals surface area contributed by atoms with Gasteiger partial charge in [0.25, 0.3) is 0 Å². The molecule has 2 nitrogen and oxygen atoms in total. The maximum absolute atomic E-state index is 9.04. The zero-order valence-electron chi connectivity index (χ0n) is 17.0. The molecule has 0 heterocycles. The third-order valence-electron chi connectivity index (χ3n) is 5.61. The highest BCUT2D eigenvalue weighted by Gasteiger charge is 2.43. The predicted molar refractivity (Wildman–Crippen MR) is 112 cm³/mol. The van der Waals surface area contributed by atoms with Crippen LogP contribution in [0.1, 0.15) is 63.1 Å². The first-order valence-electron chi connectivity index (χ1n) is 9.59. The molecule has 27 heavy (non-hydrogen) atoms. The van der Waals surface area contributed by atoms with Gasteiger partial charge in [-0.05, 0) is 59.1 Å². The average Bonchev–Trinajstić information content (AvgIpc) is 2.60. The number of rotatable bonds is 3. The average molecular weight is 360 g/mol. The summed E-state index contributed by atoms with van der Waals surface area (Å²) in [4.78, 5) is 0. The van der Waals surface area contributed by atoms with Gasteiger partial charge in [0.05, 0.1) is 18.7 Å². The van der Waals surface area contributed by atoms with Crippen molar-refractivity contribution in [3.63, 3.8) is 0 Å². The minimum atomic E-state index is 0.161. The van der Waals surface area contributed by atoms with Crippen LogP contribution in [0.15, 0.2) is 54.1 Å². The van der Waals surface area contributed by atoms with E-state index in [0.29, 0.717) is 11.5 Å². The lowest BCUT2D eigenvalue weighted by atomic mass is 9.56. The molecule has 0 N–H and O–H groups in total. The van der Waals surface area contributed by atoms with Crippen LogP contribution in [-0.4, -0.2) is 7.11 Å². The summed E-state index contributed by atoms with van der Waals surface area (Å²) in [6.07, 6.45) is 4.59. The fourth-order valence-electron chi connectivity index (χ4n) is 5.02. The Labute approximate surface area is 163 Å². The molecule has 0 aliphatic heterocycles. The molecule has 2 aromatic rings. The minimum absolute atomic E-state index is 0.161. The fraction of sp³-hybridized carbons (Fsp3) is 0.400. The minimum Gasteiger partial charge on any atom is -0.497 e. The molecule has 0 bridgehead atoms. The lowest BCUT2D eigenvalue weighted by molar-refractivity contribution is 0.131. The molecule has 0 spiro atoms. The Bertz CT molecular complexity index is 864. The molecule has 1 fully saturated rings. The molecular formula is C25H29NO. The second-order valence-electron chi connectivity index (χ2n) is 9.17. The van der Waals surface area contributed by atoms with Crippen LogP contribution in [0.25, 0.3) is 6.08 Å². The molecule has 0 saturated heterocycles. The zero-order valence-corrected chi connectivity index (χ0v) is 17.0. The van der Waals surface area contributed by atoms with Gasteiger partial charge in [-0.1, -0.05) is 63.6 Å². The number of methoxy groups -OCH3 is 1. The van der Waals surface area contributed by atoms with Crippen molar-refractivity contribution in [2.45, 2.75) is 46.5 Å². The van der Waals surface area contributed by atoms with Gasteiger partial charge in [-0.25, -0.2) is 0 Å². The van der Waals surface area contributed by atoms with Gasteiger partial charge in [0.2, 0.25) is 0 Å². The highest BCUT2D eigenvalue weighted by Crippen LogP contribution is 2.56.